The lowest BCUT2D eigenvalue weighted by molar-refractivity contribution is 0.0538. The normalized spacial score (nSPS) is 25.2. The van der Waals surface area contributed by atoms with Crippen molar-refractivity contribution >= 4 is 16.9 Å². The third kappa shape index (κ3) is 2.30. The van der Waals surface area contributed by atoms with Gasteiger partial charge in [0.1, 0.15) is 5.58 Å². The summed E-state index contributed by atoms with van der Waals surface area (Å²) in [5, 5.41) is 5.35. The second-order valence-electron chi connectivity index (χ2n) is 7.74. The molecule has 26 heavy (non-hydrogen) atoms. The number of carbonyl (C=O) groups is 1. The Kier molecular flexibility index (Phi) is 3.45. The van der Waals surface area contributed by atoms with E-state index in [1.165, 1.54) is 5.69 Å². The van der Waals surface area contributed by atoms with Crippen LogP contribution in [-0.4, -0.2) is 32.7 Å². The van der Waals surface area contributed by atoms with Crippen LogP contribution in [0.1, 0.15) is 53.4 Å². The lowest BCUT2D eigenvalue weighted by Crippen LogP contribution is -2.46. The van der Waals surface area contributed by atoms with Crippen molar-refractivity contribution in [3.05, 3.63) is 53.5 Å². The highest BCUT2D eigenvalue weighted by atomic mass is 16.3. The van der Waals surface area contributed by atoms with Gasteiger partial charge < -0.3 is 9.32 Å². The van der Waals surface area contributed by atoms with E-state index in [9.17, 15) is 4.79 Å². The molecule has 5 heteroatoms. The average molecular weight is 349 g/mol. The minimum absolute atomic E-state index is 0.0524. The fourth-order valence-corrected chi connectivity index (χ4v) is 4.97. The minimum Gasteiger partial charge on any atom is -0.451 e. The first-order chi connectivity index (χ1) is 12.6. The highest BCUT2D eigenvalue weighted by Gasteiger charge is 2.45. The summed E-state index contributed by atoms with van der Waals surface area (Å²) in [5.74, 6) is 1.02. The zero-order chi connectivity index (χ0) is 17.8. The molecule has 1 aromatic carbocycles. The van der Waals surface area contributed by atoms with Crippen molar-refractivity contribution < 1.29 is 9.21 Å². The van der Waals surface area contributed by atoms with Gasteiger partial charge in [0, 0.05) is 42.3 Å². The second kappa shape index (κ2) is 5.73. The van der Waals surface area contributed by atoms with Crippen LogP contribution in [-0.2, 0) is 7.05 Å². The van der Waals surface area contributed by atoms with E-state index in [0.717, 1.165) is 42.2 Å². The van der Waals surface area contributed by atoms with E-state index in [0.29, 0.717) is 23.8 Å². The van der Waals surface area contributed by atoms with Crippen LogP contribution in [0.2, 0.25) is 0 Å². The Hall–Kier alpha value is -2.56. The van der Waals surface area contributed by atoms with E-state index in [1.807, 2.05) is 36.1 Å². The Morgan fingerprint density at radius 3 is 2.62 bits per heavy atom. The highest BCUT2D eigenvalue weighted by Crippen LogP contribution is 2.43. The summed E-state index contributed by atoms with van der Waals surface area (Å²) in [7, 11) is 2.01. The van der Waals surface area contributed by atoms with Crippen LogP contribution in [0, 0.1) is 6.92 Å². The van der Waals surface area contributed by atoms with E-state index in [2.05, 4.69) is 29.1 Å². The number of hydrogen-bond donors (Lipinski definition) is 0. The molecule has 0 saturated carbocycles. The number of aromatic nitrogens is 2. The van der Waals surface area contributed by atoms with Crippen molar-refractivity contribution in [2.45, 2.75) is 50.6 Å². The summed E-state index contributed by atoms with van der Waals surface area (Å²) in [5.41, 5.74) is 3.22. The van der Waals surface area contributed by atoms with Gasteiger partial charge in [0.2, 0.25) is 0 Å². The predicted molar refractivity (Wildman–Crippen MR) is 99.1 cm³/mol. The van der Waals surface area contributed by atoms with Crippen LogP contribution < -0.4 is 0 Å². The number of furan rings is 1. The van der Waals surface area contributed by atoms with Gasteiger partial charge in [-0.05, 0) is 56.4 Å². The Labute approximate surface area is 152 Å². The van der Waals surface area contributed by atoms with Gasteiger partial charge in [0.05, 0.1) is 0 Å². The summed E-state index contributed by atoms with van der Waals surface area (Å²) in [4.78, 5) is 15.3. The molecule has 0 N–H and O–H groups in total. The van der Waals surface area contributed by atoms with Gasteiger partial charge in [0.25, 0.3) is 5.91 Å². The van der Waals surface area contributed by atoms with Crippen molar-refractivity contribution in [2.75, 3.05) is 0 Å². The molecule has 0 spiro atoms. The second-order valence-corrected chi connectivity index (χ2v) is 7.74. The number of nitrogens with zero attached hydrogens (tertiary/aromatic N) is 3. The number of aryl methyl sites for hydroxylation is 2. The number of amides is 1. The van der Waals surface area contributed by atoms with E-state index in [-0.39, 0.29) is 5.91 Å². The zero-order valence-corrected chi connectivity index (χ0v) is 15.2. The van der Waals surface area contributed by atoms with Crippen molar-refractivity contribution in [1.29, 1.82) is 0 Å². The molecule has 2 fully saturated rings. The molecule has 5 nitrogen and oxygen atoms in total. The van der Waals surface area contributed by atoms with Crippen molar-refractivity contribution in [3.63, 3.8) is 0 Å². The van der Waals surface area contributed by atoms with Gasteiger partial charge in [-0.2, -0.15) is 5.10 Å². The van der Waals surface area contributed by atoms with Gasteiger partial charge in [-0.3, -0.25) is 9.48 Å². The zero-order valence-electron chi connectivity index (χ0n) is 15.2. The number of hydrogen-bond acceptors (Lipinski definition) is 3. The van der Waals surface area contributed by atoms with E-state index in [4.69, 9.17) is 4.42 Å². The van der Waals surface area contributed by atoms with Crippen LogP contribution in [0.15, 0.2) is 40.9 Å². The van der Waals surface area contributed by atoms with Crippen LogP contribution in [0.25, 0.3) is 11.0 Å². The molecular formula is C21H23N3O2. The number of fused-ring (bicyclic) bond motifs is 3. The number of benzene rings is 1. The molecule has 1 amide bonds. The van der Waals surface area contributed by atoms with E-state index < -0.39 is 0 Å². The van der Waals surface area contributed by atoms with Gasteiger partial charge in [-0.15, -0.1) is 0 Å². The average Bonchev–Trinajstić information content (AvgIpc) is 3.31. The molecule has 2 saturated heterocycles. The Bertz CT molecular complexity index is 972. The van der Waals surface area contributed by atoms with Crippen LogP contribution >= 0.6 is 0 Å². The molecule has 2 aliphatic heterocycles. The Morgan fingerprint density at radius 2 is 1.96 bits per heavy atom. The fraction of sp³-hybridized carbons (Fsp3) is 0.429. The molecular weight excluding hydrogens is 326 g/mol. The van der Waals surface area contributed by atoms with E-state index >= 15 is 0 Å². The first kappa shape index (κ1) is 15.7. The predicted octanol–water partition coefficient (Wildman–Crippen LogP) is 4.03. The minimum atomic E-state index is 0.0524. The third-order valence-corrected chi connectivity index (χ3v) is 6.23. The maximum absolute atomic E-state index is 13.2. The lowest BCUT2D eigenvalue weighted by atomic mass is 9.88. The molecule has 2 atom stereocenters. The van der Waals surface area contributed by atoms with Gasteiger partial charge in [-0.25, -0.2) is 0 Å². The summed E-state index contributed by atoms with van der Waals surface area (Å²) < 4.78 is 7.88. The summed E-state index contributed by atoms with van der Waals surface area (Å²) >= 11 is 0. The van der Waals surface area contributed by atoms with Crippen molar-refractivity contribution in [1.82, 2.24) is 14.7 Å². The summed E-state index contributed by atoms with van der Waals surface area (Å²) in [6.45, 7) is 2.05. The Morgan fingerprint density at radius 1 is 1.19 bits per heavy atom. The summed E-state index contributed by atoms with van der Waals surface area (Å²) in [6, 6.07) is 10.6. The van der Waals surface area contributed by atoms with Crippen molar-refractivity contribution in [2.24, 2.45) is 7.05 Å². The smallest absolute Gasteiger partial charge is 0.290 e. The third-order valence-electron chi connectivity index (χ3n) is 6.23. The molecule has 2 aromatic heterocycles. The van der Waals surface area contributed by atoms with Crippen molar-refractivity contribution in [3.8, 4) is 0 Å². The van der Waals surface area contributed by atoms with Crippen LogP contribution in [0.5, 0.6) is 0 Å². The standard InChI is InChI=1S/C21H23N3O2/c1-13-4-3-5-19-17(13)12-20(26-19)21(25)24-15-6-7-16(24)11-14(10-15)18-8-9-22-23(18)2/h3-5,8-9,12,14-16H,6-7,10-11H2,1-2H3. The van der Waals surface area contributed by atoms with Gasteiger partial charge in [0.15, 0.2) is 5.76 Å². The molecule has 4 heterocycles. The number of piperidine rings is 1. The molecule has 5 rings (SSSR count). The summed E-state index contributed by atoms with van der Waals surface area (Å²) in [6.07, 6.45) is 6.07. The lowest BCUT2D eigenvalue weighted by Gasteiger charge is -2.38. The van der Waals surface area contributed by atoms with E-state index in [1.54, 1.807) is 0 Å². The van der Waals surface area contributed by atoms with Crippen LogP contribution in [0.3, 0.4) is 0 Å². The molecule has 2 bridgehead atoms. The van der Waals surface area contributed by atoms with Crippen LogP contribution in [0.4, 0.5) is 0 Å². The van der Waals surface area contributed by atoms with Gasteiger partial charge >= 0.3 is 0 Å². The number of carbonyl (C=O) groups excluding carboxylic acids is 1. The monoisotopic (exact) mass is 349 g/mol. The maximum Gasteiger partial charge on any atom is 0.290 e. The molecule has 134 valence electrons. The largest absolute Gasteiger partial charge is 0.451 e. The Balaban J connectivity index is 1.43. The fourth-order valence-electron chi connectivity index (χ4n) is 4.97. The number of rotatable bonds is 2. The topological polar surface area (TPSA) is 51.3 Å². The van der Waals surface area contributed by atoms with Gasteiger partial charge in [-0.1, -0.05) is 12.1 Å². The highest BCUT2D eigenvalue weighted by molar-refractivity contribution is 5.97. The molecule has 0 aliphatic carbocycles. The molecule has 2 unspecified atom stereocenters. The quantitative estimate of drug-likeness (QED) is 0.702. The SMILES string of the molecule is Cc1cccc2oc(C(=O)N3C4CCC3CC(c3ccnn3C)C4)cc12. The maximum atomic E-state index is 13.2. The molecule has 0 radical (unpaired) electrons. The first-order valence-corrected chi connectivity index (χ1v) is 9.41. The molecule has 3 aromatic rings. The molecule has 2 aliphatic rings. The first-order valence-electron chi connectivity index (χ1n) is 9.41.